The maximum Gasteiger partial charge on any atom is 0.251 e. The summed E-state index contributed by atoms with van der Waals surface area (Å²) < 4.78 is 6.93. The summed E-state index contributed by atoms with van der Waals surface area (Å²) in [4.78, 5) is 12.2. The third-order valence-corrected chi connectivity index (χ3v) is 3.29. The van der Waals surface area contributed by atoms with Crippen molar-refractivity contribution in [1.82, 2.24) is 19.9 Å². The molecule has 0 spiro atoms. The van der Waals surface area contributed by atoms with Gasteiger partial charge in [0.1, 0.15) is 0 Å². The van der Waals surface area contributed by atoms with Crippen molar-refractivity contribution in [3.63, 3.8) is 0 Å². The minimum Gasteiger partial charge on any atom is -0.380 e. The lowest BCUT2D eigenvalue weighted by molar-refractivity contribution is 0.0949. The molecule has 6 heteroatoms. The van der Waals surface area contributed by atoms with Crippen LogP contribution in [0.15, 0.2) is 48.7 Å². The molecule has 3 aromatic rings. The minimum absolute atomic E-state index is 0.148. The molecule has 1 amide bonds. The molecule has 0 unspecified atom stereocenters. The second kappa shape index (κ2) is 6.36. The first-order chi connectivity index (χ1) is 10.8. The van der Waals surface area contributed by atoms with Gasteiger partial charge in [-0.2, -0.15) is 0 Å². The van der Waals surface area contributed by atoms with Gasteiger partial charge in [-0.15, -0.1) is 10.2 Å². The summed E-state index contributed by atoms with van der Waals surface area (Å²) in [6.45, 7) is 0.800. The molecule has 1 N–H and O–H groups in total. The molecule has 112 valence electrons. The van der Waals surface area contributed by atoms with Crippen LogP contribution in [0.4, 0.5) is 0 Å². The van der Waals surface area contributed by atoms with Gasteiger partial charge in [0.05, 0.1) is 13.2 Å². The number of amides is 1. The highest BCUT2D eigenvalue weighted by molar-refractivity contribution is 5.94. The van der Waals surface area contributed by atoms with Crippen molar-refractivity contribution in [2.45, 2.75) is 13.2 Å². The van der Waals surface area contributed by atoms with Gasteiger partial charge < -0.3 is 10.1 Å². The standard InChI is InChI=1S/C16H16N4O2/c1-22-11-12-5-4-6-13(9-12)16(21)17-10-15-19-18-14-7-2-3-8-20(14)15/h2-9H,10-11H2,1H3,(H,17,21). The van der Waals surface area contributed by atoms with E-state index in [1.807, 2.05) is 47.0 Å². The van der Waals surface area contributed by atoms with E-state index >= 15 is 0 Å². The Morgan fingerprint density at radius 3 is 3.00 bits per heavy atom. The Morgan fingerprint density at radius 2 is 2.14 bits per heavy atom. The van der Waals surface area contributed by atoms with Crippen LogP contribution >= 0.6 is 0 Å². The summed E-state index contributed by atoms with van der Waals surface area (Å²) in [5.74, 6) is 0.544. The summed E-state index contributed by atoms with van der Waals surface area (Å²) in [7, 11) is 1.63. The number of hydrogen-bond acceptors (Lipinski definition) is 4. The average Bonchev–Trinajstić information content (AvgIpc) is 2.96. The van der Waals surface area contributed by atoms with E-state index in [0.29, 0.717) is 24.5 Å². The average molecular weight is 296 g/mol. The van der Waals surface area contributed by atoms with E-state index in [1.165, 1.54) is 0 Å². The monoisotopic (exact) mass is 296 g/mol. The number of hydrogen-bond donors (Lipinski definition) is 1. The predicted octanol–water partition coefficient (Wildman–Crippen LogP) is 1.81. The van der Waals surface area contributed by atoms with Gasteiger partial charge in [0.2, 0.25) is 0 Å². The maximum atomic E-state index is 12.2. The van der Waals surface area contributed by atoms with Crippen molar-refractivity contribution in [1.29, 1.82) is 0 Å². The quantitative estimate of drug-likeness (QED) is 0.779. The zero-order valence-corrected chi connectivity index (χ0v) is 12.2. The van der Waals surface area contributed by atoms with Crippen molar-refractivity contribution >= 4 is 11.6 Å². The third-order valence-electron chi connectivity index (χ3n) is 3.29. The minimum atomic E-state index is -0.148. The van der Waals surface area contributed by atoms with Crippen LogP contribution in [0.2, 0.25) is 0 Å². The molecular formula is C16H16N4O2. The largest absolute Gasteiger partial charge is 0.380 e. The molecule has 0 bridgehead atoms. The molecule has 0 aliphatic rings. The fourth-order valence-electron chi connectivity index (χ4n) is 2.24. The van der Waals surface area contributed by atoms with Crippen LogP contribution in [-0.2, 0) is 17.9 Å². The number of carbonyl (C=O) groups is 1. The predicted molar refractivity (Wildman–Crippen MR) is 81.3 cm³/mol. The Bertz CT molecular complexity index is 797. The number of methoxy groups -OCH3 is 1. The molecule has 22 heavy (non-hydrogen) atoms. The van der Waals surface area contributed by atoms with Gasteiger partial charge in [-0.1, -0.05) is 18.2 Å². The first-order valence-electron chi connectivity index (χ1n) is 6.92. The van der Waals surface area contributed by atoms with Gasteiger partial charge >= 0.3 is 0 Å². The number of benzene rings is 1. The Balaban J connectivity index is 1.71. The highest BCUT2D eigenvalue weighted by atomic mass is 16.5. The van der Waals surface area contributed by atoms with Crippen LogP contribution in [0.3, 0.4) is 0 Å². The Morgan fingerprint density at radius 1 is 1.23 bits per heavy atom. The first kappa shape index (κ1) is 14.2. The van der Waals surface area contributed by atoms with E-state index in [9.17, 15) is 4.79 Å². The lowest BCUT2D eigenvalue weighted by atomic mass is 10.1. The van der Waals surface area contributed by atoms with Crippen molar-refractivity contribution < 1.29 is 9.53 Å². The molecule has 6 nitrogen and oxygen atoms in total. The van der Waals surface area contributed by atoms with Crippen LogP contribution in [0.1, 0.15) is 21.7 Å². The van der Waals surface area contributed by atoms with Crippen molar-refractivity contribution in [3.8, 4) is 0 Å². The summed E-state index contributed by atoms with van der Waals surface area (Å²) in [5.41, 5.74) is 2.32. The zero-order chi connectivity index (χ0) is 15.4. The summed E-state index contributed by atoms with van der Waals surface area (Å²) in [5, 5.41) is 11.0. The summed E-state index contributed by atoms with van der Waals surface area (Å²) in [6, 6.07) is 13.0. The number of carbonyl (C=O) groups excluding carboxylic acids is 1. The van der Waals surface area contributed by atoms with Gasteiger partial charge in [0.25, 0.3) is 5.91 Å². The molecule has 2 heterocycles. The molecule has 3 rings (SSSR count). The summed E-state index contributed by atoms with van der Waals surface area (Å²) in [6.07, 6.45) is 1.87. The van der Waals surface area contributed by atoms with E-state index in [0.717, 1.165) is 11.2 Å². The van der Waals surface area contributed by atoms with Crippen LogP contribution in [0, 0.1) is 0 Å². The highest BCUT2D eigenvalue weighted by Gasteiger charge is 2.09. The third kappa shape index (κ3) is 2.96. The van der Waals surface area contributed by atoms with Crippen molar-refractivity contribution in [3.05, 3.63) is 65.6 Å². The van der Waals surface area contributed by atoms with E-state index in [2.05, 4.69) is 15.5 Å². The van der Waals surface area contributed by atoms with Gasteiger partial charge in [-0.25, -0.2) is 0 Å². The fraction of sp³-hybridized carbons (Fsp3) is 0.188. The number of rotatable bonds is 5. The molecular weight excluding hydrogens is 280 g/mol. The smallest absolute Gasteiger partial charge is 0.251 e. The topological polar surface area (TPSA) is 68.5 Å². The van der Waals surface area contributed by atoms with E-state index < -0.39 is 0 Å². The number of aromatic nitrogens is 3. The highest BCUT2D eigenvalue weighted by Crippen LogP contribution is 2.07. The first-order valence-corrected chi connectivity index (χ1v) is 6.92. The van der Waals surface area contributed by atoms with Gasteiger partial charge in [-0.05, 0) is 29.8 Å². The second-order valence-corrected chi connectivity index (χ2v) is 4.86. The lowest BCUT2D eigenvalue weighted by Crippen LogP contribution is -2.24. The number of ether oxygens (including phenoxy) is 1. The van der Waals surface area contributed by atoms with Crippen LogP contribution in [0.5, 0.6) is 0 Å². The Labute approximate surface area is 127 Å². The Hall–Kier alpha value is -2.73. The molecule has 0 fully saturated rings. The number of pyridine rings is 1. The lowest BCUT2D eigenvalue weighted by Gasteiger charge is -2.06. The van der Waals surface area contributed by atoms with Crippen molar-refractivity contribution in [2.24, 2.45) is 0 Å². The van der Waals surface area contributed by atoms with Gasteiger partial charge in [0.15, 0.2) is 11.5 Å². The van der Waals surface area contributed by atoms with Crippen LogP contribution in [-0.4, -0.2) is 27.6 Å². The molecule has 2 aromatic heterocycles. The number of nitrogens with one attached hydrogen (secondary N) is 1. The van der Waals surface area contributed by atoms with E-state index in [-0.39, 0.29) is 5.91 Å². The number of fused-ring (bicyclic) bond motifs is 1. The summed E-state index contributed by atoms with van der Waals surface area (Å²) >= 11 is 0. The van der Waals surface area contributed by atoms with Crippen LogP contribution < -0.4 is 5.32 Å². The SMILES string of the molecule is COCc1cccc(C(=O)NCc2nnc3ccccn23)c1. The van der Waals surface area contributed by atoms with E-state index in [1.54, 1.807) is 13.2 Å². The van der Waals surface area contributed by atoms with Crippen LogP contribution in [0.25, 0.3) is 5.65 Å². The normalized spacial score (nSPS) is 10.8. The Kier molecular flexibility index (Phi) is 4.11. The van der Waals surface area contributed by atoms with Crippen molar-refractivity contribution in [2.75, 3.05) is 7.11 Å². The van der Waals surface area contributed by atoms with Gasteiger partial charge in [-0.3, -0.25) is 9.20 Å². The molecule has 1 aromatic carbocycles. The van der Waals surface area contributed by atoms with Gasteiger partial charge in [0, 0.05) is 18.9 Å². The number of nitrogens with zero attached hydrogens (tertiary/aromatic N) is 3. The molecule has 0 aliphatic heterocycles. The molecule has 0 saturated carbocycles. The fourth-order valence-corrected chi connectivity index (χ4v) is 2.24. The zero-order valence-electron chi connectivity index (χ0n) is 12.2. The molecule has 0 saturated heterocycles. The molecule has 0 atom stereocenters. The molecule has 0 radical (unpaired) electrons. The maximum absolute atomic E-state index is 12.2. The molecule has 0 aliphatic carbocycles. The van der Waals surface area contributed by atoms with E-state index in [4.69, 9.17) is 4.74 Å². The second-order valence-electron chi connectivity index (χ2n) is 4.86.